The summed E-state index contributed by atoms with van der Waals surface area (Å²) in [6, 6.07) is 13.3. The molecule has 2 aromatic rings. The fourth-order valence-corrected chi connectivity index (χ4v) is 1.79. The largest absolute Gasteiger partial charge is 0.493 e. The van der Waals surface area contributed by atoms with Crippen LogP contribution in [0.3, 0.4) is 0 Å². The zero-order valence-electron chi connectivity index (χ0n) is 12.1. The zero-order chi connectivity index (χ0) is 15.9. The Morgan fingerprint density at radius 1 is 1.14 bits per heavy atom. The van der Waals surface area contributed by atoms with E-state index in [1.807, 2.05) is 31.2 Å². The minimum Gasteiger partial charge on any atom is -0.493 e. The van der Waals surface area contributed by atoms with E-state index in [2.05, 4.69) is 5.32 Å². The fourth-order valence-electron chi connectivity index (χ4n) is 1.79. The molecule has 114 valence electrons. The standard InChI is InChI=1S/C16H16N2O4/c1-12-2-4-13(5-3-12)17-16(19)10-11-22-15-8-6-14(7-9-15)18(20)21/h2-9H,10-11H2,1H3,(H,17,19). The van der Waals surface area contributed by atoms with Crippen molar-refractivity contribution < 1.29 is 14.5 Å². The van der Waals surface area contributed by atoms with Gasteiger partial charge in [-0.3, -0.25) is 14.9 Å². The molecular formula is C16H16N2O4. The molecule has 6 heteroatoms. The number of benzene rings is 2. The van der Waals surface area contributed by atoms with Crippen molar-refractivity contribution in [2.45, 2.75) is 13.3 Å². The normalized spacial score (nSPS) is 10.0. The summed E-state index contributed by atoms with van der Waals surface area (Å²) in [6.45, 7) is 2.18. The minimum absolute atomic E-state index is 0.00413. The molecule has 0 heterocycles. The highest BCUT2D eigenvalue weighted by atomic mass is 16.6. The van der Waals surface area contributed by atoms with Crippen LogP contribution >= 0.6 is 0 Å². The highest BCUT2D eigenvalue weighted by molar-refractivity contribution is 5.90. The van der Waals surface area contributed by atoms with Crippen molar-refractivity contribution in [2.24, 2.45) is 0 Å². The van der Waals surface area contributed by atoms with E-state index in [-0.39, 0.29) is 24.6 Å². The van der Waals surface area contributed by atoms with Gasteiger partial charge < -0.3 is 10.1 Å². The van der Waals surface area contributed by atoms with Gasteiger partial charge in [-0.1, -0.05) is 17.7 Å². The van der Waals surface area contributed by atoms with Gasteiger partial charge in [0.2, 0.25) is 5.91 Å². The number of hydrogen-bond donors (Lipinski definition) is 1. The summed E-state index contributed by atoms with van der Waals surface area (Å²) in [6.07, 6.45) is 0.199. The Kier molecular flexibility index (Phi) is 5.08. The van der Waals surface area contributed by atoms with Gasteiger partial charge in [0.1, 0.15) is 5.75 Å². The van der Waals surface area contributed by atoms with Crippen LogP contribution in [0.1, 0.15) is 12.0 Å². The van der Waals surface area contributed by atoms with E-state index in [9.17, 15) is 14.9 Å². The number of rotatable bonds is 6. The van der Waals surface area contributed by atoms with E-state index in [1.165, 1.54) is 24.3 Å². The predicted molar refractivity (Wildman–Crippen MR) is 83.0 cm³/mol. The summed E-state index contributed by atoms with van der Waals surface area (Å²) >= 11 is 0. The molecule has 0 saturated heterocycles. The number of non-ortho nitro benzene ring substituents is 1. The van der Waals surface area contributed by atoms with Crippen LogP contribution in [0.25, 0.3) is 0 Å². The van der Waals surface area contributed by atoms with Gasteiger partial charge in [0.15, 0.2) is 0 Å². The van der Waals surface area contributed by atoms with E-state index in [0.717, 1.165) is 11.3 Å². The Morgan fingerprint density at radius 2 is 1.77 bits per heavy atom. The van der Waals surface area contributed by atoms with Gasteiger partial charge in [-0.25, -0.2) is 0 Å². The number of amides is 1. The van der Waals surface area contributed by atoms with Crippen LogP contribution < -0.4 is 10.1 Å². The van der Waals surface area contributed by atoms with E-state index >= 15 is 0 Å². The number of nitro benzene ring substituents is 1. The van der Waals surface area contributed by atoms with E-state index in [4.69, 9.17) is 4.74 Å². The summed E-state index contributed by atoms with van der Waals surface area (Å²) in [5, 5.41) is 13.3. The highest BCUT2D eigenvalue weighted by Crippen LogP contribution is 2.17. The Morgan fingerprint density at radius 3 is 2.36 bits per heavy atom. The fraction of sp³-hybridized carbons (Fsp3) is 0.188. The lowest BCUT2D eigenvalue weighted by molar-refractivity contribution is -0.384. The minimum atomic E-state index is -0.473. The van der Waals surface area contributed by atoms with Gasteiger partial charge in [0.25, 0.3) is 5.69 Å². The molecular weight excluding hydrogens is 284 g/mol. The molecule has 0 saturated carbocycles. The smallest absolute Gasteiger partial charge is 0.269 e. The molecule has 0 radical (unpaired) electrons. The third kappa shape index (κ3) is 4.59. The first-order chi connectivity index (χ1) is 10.5. The van der Waals surface area contributed by atoms with Gasteiger partial charge in [-0.15, -0.1) is 0 Å². The summed E-state index contributed by atoms with van der Waals surface area (Å²) < 4.78 is 5.38. The molecule has 1 N–H and O–H groups in total. The number of hydrogen-bond acceptors (Lipinski definition) is 4. The average molecular weight is 300 g/mol. The summed E-state index contributed by atoms with van der Waals surface area (Å²) in [5.41, 5.74) is 1.87. The molecule has 0 spiro atoms. The second-order valence-corrected chi connectivity index (χ2v) is 4.76. The number of anilines is 1. The van der Waals surface area contributed by atoms with Crippen LogP contribution in [0, 0.1) is 17.0 Å². The maximum absolute atomic E-state index is 11.8. The lowest BCUT2D eigenvalue weighted by atomic mass is 10.2. The first-order valence-electron chi connectivity index (χ1n) is 6.78. The van der Waals surface area contributed by atoms with Crippen LogP contribution in [0.15, 0.2) is 48.5 Å². The topological polar surface area (TPSA) is 81.5 Å². The molecule has 0 atom stereocenters. The van der Waals surface area contributed by atoms with E-state index in [0.29, 0.717) is 5.75 Å². The number of aryl methyl sites for hydroxylation is 1. The molecule has 0 fully saturated rings. The SMILES string of the molecule is Cc1ccc(NC(=O)CCOc2ccc([N+](=O)[O-])cc2)cc1. The molecule has 0 unspecified atom stereocenters. The Balaban J connectivity index is 1.77. The number of nitro groups is 1. The zero-order valence-corrected chi connectivity index (χ0v) is 12.1. The summed E-state index contributed by atoms with van der Waals surface area (Å²) in [4.78, 5) is 21.8. The van der Waals surface area contributed by atoms with Gasteiger partial charge in [0, 0.05) is 17.8 Å². The quantitative estimate of drug-likeness (QED) is 0.655. The van der Waals surface area contributed by atoms with Gasteiger partial charge in [-0.2, -0.15) is 0 Å². The molecule has 2 rings (SSSR count). The molecule has 6 nitrogen and oxygen atoms in total. The van der Waals surface area contributed by atoms with Crippen LogP contribution in [0.5, 0.6) is 5.75 Å². The second kappa shape index (κ2) is 7.21. The van der Waals surface area contributed by atoms with Gasteiger partial charge in [-0.05, 0) is 31.2 Å². The third-order valence-electron chi connectivity index (χ3n) is 2.98. The summed E-state index contributed by atoms with van der Waals surface area (Å²) in [5.74, 6) is 0.347. The van der Waals surface area contributed by atoms with Crippen molar-refractivity contribution in [3.05, 3.63) is 64.2 Å². The molecule has 0 aliphatic carbocycles. The van der Waals surface area contributed by atoms with Crippen molar-refractivity contribution in [1.82, 2.24) is 0 Å². The molecule has 0 aliphatic rings. The maximum Gasteiger partial charge on any atom is 0.269 e. The molecule has 0 aromatic heterocycles. The van der Waals surface area contributed by atoms with E-state index in [1.54, 1.807) is 0 Å². The number of nitrogens with one attached hydrogen (secondary N) is 1. The number of carbonyl (C=O) groups excluding carboxylic acids is 1. The number of carbonyl (C=O) groups is 1. The molecule has 0 bridgehead atoms. The van der Waals surface area contributed by atoms with E-state index < -0.39 is 4.92 Å². The van der Waals surface area contributed by atoms with Crippen molar-refractivity contribution in [3.63, 3.8) is 0 Å². The number of ether oxygens (including phenoxy) is 1. The molecule has 2 aromatic carbocycles. The lowest BCUT2D eigenvalue weighted by Gasteiger charge is -2.07. The van der Waals surface area contributed by atoms with Crippen molar-refractivity contribution >= 4 is 17.3 Å². The first kappa shape index (κ1) is 15.5. The van der Waals surface area contributed by atoms with Crippen LogP contribution in [0.2, 0.25) is 0 Å². The van der Waals surface area contributed by atoms with Crippen molar-refractivity contribution in [1.29, 1.82) is 0 Å². The van der Waals surface area contributed by atoms with Crippen molar-refractivity contribution in [2.75, 3.05) is 11.9 Å². The molecule has 1 amide bonds. The second-order valence-electron chi connectivity index (χ2n) is 4.76. The first-order valence-corrected chi connectivity index (χ1v) is 6.78. The van der Waals surface area contributed by atoms with Crippen molar-refractivity contribution in [3.8, 4) is 5.75 Å². The van der Waals surface area contributed by atoms with Gasteiger partial charge >= 0.3 is 0 Å². The molecule has 22 heavy (non-hydrogen) atoms. The Bertz CT molecular complexity index is 651. The highest BCUT2D eigenvalue weighted by Gasteiger charge is 2.06. The predicted octanol–water partition coefficient (Wildman–Crippen LogP) is 3.31. The average Bonchev–Trinajstić information content (AvgIpc) is 2.50. The van der Waals surface area contributed by atoms with Gasteiger partial charge in [0.05, 0.1) is 18.0 Å². The monoisotopic (exact) mass is 300 g/mol. The van der Waals surface area contributed by atoms with Crippen LogP contribution in [-0.4, -0.2) is 17.4 Å². The third-order valence-corrected chi connectivity index (χ3v) is 2.98. The lowest BCUT2D eigenvalue weighted by Crippen LogP contribution is -2.15. The number of nitrogens with zero attached hydrogens (tertiary/aromatic N) is 1. The Hall–Kier alpha value is -2.89. The summed E-state index contributed by atoms with van der Waals surface area (Å²) in [7, 11) is 0. The van der Waals surface area contributed by atoms with Crippen LogP contribution in [0.4, 0.5) is 11.4 Å². The maximum atomic E-state index is 11.8. The Labute approximate surface area is 127 Å². The van der Waals surface area contributed by atoms with Crippen LogP contribution in [-0.2, 0) is 4.79 Å². The molecule has 0 aliphatic heterocycles.